The van der Waals surface area contributed by atoms with Gasteiger partial charge in [-0.25, -0.2) is 9.67 Å². The molecule has 1 unspecified atom stereocenters. The van der Waals surface area contributed by atoms with Gasteiger partial charge in [0.25, 0.3) is 0 Å². The van der Waals surface area contributed by atoms with Crippen LogP contribution < -0.4 is 0 Å². The molecule has 0 bridgehead atoms. The molecule has 1 aromatic carbocycles. The molecule has 1 fully saturated rings. The highest BCUT2D eigenvalue weighted by molar-refractivity contribution is 5.84. The minimum Gasteiger partial charge on any atom is -0.361 e. The number of aromatic amines is 1. The van der Waals surface area contributed by atoms with E-state index in [0.29, 0.717) is 6.04 Å². The van der Waals surface area contributed by atoms with Gasteiger partial charge in [0, 0.05) is 23.1 Å². The van der Waals surface area contributed by atoms with Crippen molar-refractivity contribution >= 4 is 10.9 Å². The number of hydrogen-bond donors (Lipinski definition) is 1. The van der Waals surface area contributed by atoms with Crippen LogP contribution >= 0.6 is 0 Å². The summed E-state index contributed by atoms with van der Waals surface area (Å²) in [6.45, 7) is 1.99. The molecule has 0 radical (unpaired) electrons. The quantitative estimate of drug-likeness (QED) is 0.804. The van der Waals surface area contributed by atoms with Gasteiger partial charge in [0.1, 0.15) is 12.7 Å². The molecule has 0 amide bonds. The second-order valence-corrected chi connectivity index (χ2v) is 6.27. The van der Waals surface area contributed by atoms with E-state index in [4.69, 9.17) is 0 Å². The Labute approximate surface area is 130 Å². The topological polar surface area (TPSA) is 49.7 Å². The fourth-order valence-electron chi connectivity index (χ4n) is 3.49. The number of nitrogens with zero attached hydrogens (tertiary/aromatic N) is 4. The molecule has 5 nitrogen and oxygen atoms in total. The maximum atomic E-state index is 4.19. The van der Waals surface area contributed by atoms with E-state index in [1.807, 2.05) is 4.68 Å². The largest absolute Gasteiger partial charge is 0.361 e. The normalized spacial score (nSPS) is 19.2. The fourth-order valence-corrected chi connectivity index (χ4v) is 3.49. The third-order valence-electron chi connectivity index (χ3n) is 4.77. The lowest BCUT2D eigenvalue weighted by Crippen LogP contribution is -2.26. The van der Waals surface area contributed by atoms with Crippen LogP contribution in [0, 0.1) is 0 Å². The van der Waals surface area contributed by atoms with Crippen LogP contribution in [0.5, 0.6) is 0 Å². The molecule has 3 aromatic rings. The highest BCUT2D eigenvalue weighted by atomic mass is 15.3. The molecule has 1 atom stereocenters. The monoisotopic (exact) mass is 295 g/mol. The Balaban J connectivity index is 1.61. The van der Waals surface area contributed by atoms with Gasteiger partial charge in [0.2, 0.25) is 0 Å². The van der Waals surface area contributed by atoms with Gasteiger partial charge < -0.3 is 9.88 Å². The van der Waals surface area contributed by atoms with Gasteiger partial charge in [-0.05, 0) is 56.1 Å². The predicted molar refractivity (Wildman–Crippen MR) is 86.8 cm³/mol. The van der Waals surface area contributed by atoms with E-state index in [1.165, 1.54) is 41.4 Å². The SMILES string of the molecule is CN1CCCC1Cc1c[nH]c2ccc(Cn3cncn3)cc12. The lowest BCUT2D eigenvalue weighted by Gasteiger charge is -2.18. The summed E-state index contributed by atoms with van der Waals surface area (Å²) < 4.78 is 1.86. The number of nitrogens with one attached hydrogen (secondary N) is 1. The Morgan fingerprint density at radius 3 is 3.09 bits per heavy atom. The maximum Gasteiger partial charge on any atom is 0.137 e. The average molecular weight is 295 g/mol. The maximum absolute atomic E-state index is 4.19. The molecule has 0 spiro atoms. The van der Waals surface area contributed by atoms with Crippen molar-refractivity contribution in [2.75, 3.05) is 13.6 Å². The summed E-state index contributed by atoms with van der Waals surface area (Å²) in [6, 6.07) is 7.30. The van der Waals surface area contributed by atoms with E-state index in [9.17, 15) is 0 Å². The number of rotatable bonds is 4. The average Bonchev–Trinajstić information content (AvgIpc) is 3.24. The molecular weight excluding hydrogens is 274 g/mol. The van der Waals surface area contributed by atoms with Crippen LogP contribution in [0.25, 0.3) is 10.9 Å². The lowest BCUT2D eigenvalue weighted by atomic mass is 10.0. The number of likely N-dealkylation sites (tertiary alicyclic amines) is 1. The first-order chi connectivity index (χ1) is 10.8. The summed E-state index contributed by atoms with van der Waals surface area (Å²) in [5.74, 6) is 0. The molecule has 4 rings (SSSR count). The summed E-state index contributed by atoms with van der Waals surface area (Å²) >= 11 is 0. The van der Waals surface area contributed by atoms with Crippen LogP contribution in [0.2, 0.25) is 0 Å². The van der Waals surface area contributed by atoms with Crippen LogP contribution in [0.15, 0.2) is 37.1 Å². The Morgan fingerprint density at radius 1 is 1.36 bits per heavy atom. The van der Waals surface area contributed by atoms with Crippen molar-refractivity contribution in [3.8, 4) is 0 Å². The summed E-state index contributed by atoms with van der Waals surface area (Å²) in [7, 11) is 2.24. The summed E-state index contributed by atoms with van der Waals surface area (Å²) in [6.07, 6.45) is 9.27. The van der Waals surface area contributed by atoms with Gasteiger partial charge in [-0.1, -0.05) is 6.07 Å². The van der Waals surface area contributed by atoms with Gasteiger partial charge >= 0.3 is 0 Å². The van der Waals surface area contributed by atoms with Crippen LogP contribution in [-0.2, 0) is 13.0 Å². The first-order valence-corrected chi connectivity index (χ1v) is 7.91. The zero-order chi connectivity index (χ0) is 14.9. The zero-order valence-corrected chi connectivity index (χ0v) is 12.9. The molecule has 1 N–H and O–H groups in total. The van der Waals surface area contributed by atoms with Gasteiger partial charge in [-0.15, -0.1) is 0 Å². The Morgan fingerprint density at radius 2 is 2.32 bits per heavy atom. The van der Waals surface area contributed by atoms with Crippen molar-refractivity contribution < 1.29 is 0 Å². The Hall–Kier alpha value is -2.14. The molecular formula is C17H21N5. The molecule has 0 saturated carbocycles. The van der Waals surface area contributed by atoms with Crippen LogP contribution in [0.1, 0.15) is 24.0 Å². The van der Waals surface area contributed by atoms with Gasteiger partial charge in [0.15, 0.2) is 0 Å². The number of H-pyrrole nitrogens is 1. The number of hydrogen-bond acceptors (Lipinski definition) is 3. The van der Waals surface area contributed by atoms with E-state index >= 15 is 0 Å². The number of aromatic nitrogens is 4. The molecule has 0 aliphatic carbocycles. The van der Waals surface area contributed by atoms with E-state index in [2.05, 4.69) is 51.4 Å². The molecule has 1 aliphatic rings. The molecule has 5 heteroatoms. The lowest BCUT2D eigenvalue weighted by molar-refractivity contribution is 0.310. The first-order valence-electron chi connectivity index (χ1n) is 7.91. The van der Waals surface area contributed by atoms with E-state index in [0.717, 1.165) is 13.0 Å². The van der Waals surface area contributed by atoms with Gasteiger partial charge in [-0.3, -0.25) is 0 Å². The first kappa shape index (κ1) is 13.5. The van der Waals surface area contributed by atoms with Crippen LogP contribution in [-0.4, -0.2) is 44.3 Å². The molecule has 1 aliphatic heterocycles. The van der Waals surface area contributed by atoms with E-state index in [1.54, 1.807) is 12.7 Å². The minimum absolute atomic E-state index is 0.679. The highest BCUT2D eigenvalue weighted by Gasteiger charge is 2.22. The van der Waals surface area contributed by atoms with Crippen molar-refractivity contribution in [1.82, 2.24) is 24.6 Å². The predicted octanol–water partition coefficient (Wildman–Crippen LogP) is 2.44. The van der Waals surface area contributed by atoms with Gasteiger partial charge in [-0.2, -0.15) is 5.10 Å². The second-order valence-electron chi connectivity index (χ2n) is 6.27. The van der Waals surface area contributed by atoms with Crippen molar-refractivity contribution in [2.24, 2.45) is 0 Å². The molecule has 1 saturated heterocycles. The second kappa shape index (κ2) is 5.57. The zero-order valence-electron chi connectivity index (χ0n) is 12.9. The fraction of sp³-hybridized carbons (Fsp3) is 0.412. The smallest absolute Gasteiger partial charge is 0.137 e. The third kappa shape index (κ3) is 2.52. The van der Waals surface area contributed by atoms with Gasteiger partial charge in [0.05, 0.1) is 6.54 Å². The van der Waals surface area contributed by atoms with Crippen molar-refractivity contribution in [3.63, 3.8) is 0 Å². The molecule has 2 aromatic heterocycles. The summed E-state index contributed by atoms with van der Waals surface area (Å²) in [5.41, 5.74) is 3.91. The summed E-state index contributed by atoms with van der Waals surface area (Å²) in [4.78, 5) is 9.90. The number of likely N-dealkylation sites (N-methyl/N-ethyl adjacent to an activating group) is 1. The Bertz CT molecular complexity index is 759. The number of benzene rings is 1. The minimum atomic E-state index is 0.679. The van der Waals surface area contributed by atoms with Crippen molar-refractivity contribution in [3.05, 3.63) is 48.2 Å². The standard InChI is InChI=1S/C17H21N5/c1-21-6-2-3-15(21)8-14-9-19-17-5-4-13(7-16(14)17)10-22-12-18-11-20-22/h4-5,7,9,11-12,15,19H,2-3,6,8,10H2,1H3. The molecule has 114 valence electrons. The van der Waals surface area contributed by atoms with E-state index < -0.39 is 0 Å². The third-order valence-corrected chi connectivity index (χ3v) is 4.77. The molecule has 3 heterocycles. The molecule has 22 heavy (non-hydrogen) atoms. The van der Waals surface area contributed by atoms with Crippen LogP contribution in [0.3, 0.4) is 0 Å². The Kier molecular flexibility index (Phi) is 3.42. The van der Waals surface area contributed by atoms with Crippen LogP contribution in [0.4, 0.5) is 0 Å². The summed E-state index contributed by atoms with van der Waals surface area (Å²) in [5, 5.41) is 5.53. The highest BCUT2D eigenvalue weighted by Crippen LogP contribution is 2.25. The number of fused-ring (bicyclic) bond motifs is 1. The van der Waals surface area contributed by atoms with Crippen molar-refractivity contribution in [1.29, 1.82) is 0 Å². The van der Waals surface area contributed by atoms with E-state index in [-0.39, 0.29) is 0 Å². The van der Waals surface area contributed by atoms with Crippen molar-refractivity contribution in [2.45, 2.75) is 31.8 Å².